The van der Waals surface area contributed by atoms with Crippen LogP contribution in [0.5, 0.6) is 0 Å². The topological polar surface area (TPSA) is 46.0 Å². The molecule has 0 saturated carbocycles. The molecule has 0 aromatic carbocycles. The third kappa shape index (κ3) is 4.56. The van der Waals surface area contributed by atoms with Gasteiger partial charge in [0.15, 0.2) is 0 Å². The van der Waals surface area contributed by atoms with Gasteiger partial charge in [0.2, 0.25) is 0 Å². The molecule has 2 rings (SSSR count). The molecule has 1 N–H and O–H groups in total. The molecule has 0 unspecified atom stereocenters. The van der Waals surface area contributed by atoms with Crippen molar-refractivity contribution in [3.63, 3.8) is 0 Å². The maximum atomic E-state index is 4.43. The highest BCUT2D eigenvalue weighted by Crippen LogP contribution is 2.21. The zero-order valence-corrected chi connectivity index (χ0v) is 13.2. The summed E-state index contributed by atoms with van der Waals surface area (Å²) in [5.74, 6) is 2.63. The van der Waals surface area contributed by atoms with Crippen LogP contribution >= 0.6 is 0 Å². The van der Waals surface area contributed by atoms with Gasteiger partial charge in [-0.15, -0.1) is 0 Å². The number of hydrogen-bond donors (Lipinski definition) is 1. The number of aromatic nitrogens is 3. The van der Waals surface area contributed by atoms with Gasteiger partial charge >= 0.3 is 0 Å². The fraction of sp³-hybridized carbons (Fsp3) is 0.867. The highest BCUT2D eigenvalue weighted by atomic mass is 15.3. The van der Waals surface area contributed by atoms with E-state index >= 15 is 0 Å². The molecule has 1 aromatic rings. The lowest BCUT2D eigenvalue weighted by molar-refractivity contribution is 0.166. The predicted octanol–water partition coefficient (Wildman–Crippen LogP) is 1.76. The summed E-state index contributed by atoms with van der Waals surface area (Å²) in [6.07, 6.45) is 5.64. The summed E-state index contributed by atoms with van der Waals surface area (Å²) < 4.78 is 2.07. The number of nitrogens with zero attached hydrogens (tertiary/aromatic N) is 4. The Morgan fingerprint density at radius 3 is 2.75 bits per heavy atom. The van der Waals surface area contributed by atoms with E-state index in [0.29, 0.717) is 5.92 Å². The van der Waals surface area contributed by atoms with Crippen LogP contribution in [0.2, 0.25) is 0 Å². The van der Waals surface area contributed by atoms with Gasteiger partial charge in [0.1, 0.15) is 12.2 Å². The first-order chi connectivity index (χ1) is 9.69. The van der Waals surface area contributed by atoms with E-state index in [4.69, 9.17) is 0 Å². The minimum absolute atomic E-state index is 0.614. The Labute approximate surface area is 122 Å². The molecule has 5 heteroatoms. The molecule has 1 aliphatic heterocycles. The van der Waals surface area contributed by atoms with Crippen molar-refractivity contribution in [1.29, 1.82) is 0 Å². The van der Waals surface area contributed by atoms with E-state index < -0.39 is 0 Å². The lowest BCUT2D eigenvalue weighted by Gasteiger charge is -2.31. The van der Waals surface area contributed by atoms with Gasteiger partial charge < -0.3 is 5.32 Å². The van der Waals surface area contributed by atoms with Gasteiger partial charge in [-0.2, -0.15) is 5.10 Å². The van der Waals surface area contributed by atoms with Gasteiger partial charge in [0.25, 0.3) is 0 Å². The van der Waals surface area contributed by atoms with Gasteiger partial charge in [0, 0.05) is 6.54 Å². The largest absolute Gasteiger partial charge is 0.320 e. The molecule has 1 aliphatic rings. The van der Waals surface area contributed by atoms with Gasteiger partial charge in [0.05, 0.1) is 6.54 Å². The Bertz CT molecular complexity index is 379. The van der Waals surface area contributed by atoms with E-state index in [1.54, 1.807) is 6.33 Å². The van der Waals surface area contributed by atoms with Gasteiger partial charge in [-0.3, -0.25) is 4.90 Å². The maximum absolute atomic E-state index is 4.43. The number of nitrogens with one attached hydrogen (secondary N) is 1. The summed E-state index contributed by atoms with van der Waals surface area (Å²) in [6.45, 7) is 9.90. The minimum Gasteiger partial charge on any atom is -0.320 e. The van der Waals surface area contributed by atoms with Crippen molar-refractivity contribution < 1.29 is 0 Å². The molecular formula is C15H29N5. The molecule has 5 nitrogen and oxygen atoms in total. The van der Waals surface area contributed by atoms with Crippen LogP contribution in [0.3, 0.4) is 0 Å². The highest BCUT2D eigenvalue weighted by molar-refractivity contribution is 4.86. The van der Waals surface area contributed by atoms with Crippen LogP contribution in [0, 0.1) is 11.8 Å². The lowest BCUT2D eigenvalue weighted by atomic mass is 9.93. The molecule has 1 saturated heterocycles. The van der Waals surface area contributed by atoms with E-state index in [0.717, 1.165) is 31.4 Å². The van der Waals surface area contributed by atoms with Gasteiger partial charge in [-0.25, -0.2) is 9.67 Å². The molecule has 0 atom stereocenters. The van der Waals surface area contributed by atoms with Crippen LogP contribution in [0.1, 0.15) is 38.9 Å². The smallest absolute Gasteiger partial charge is 0.141 e. The van der Waals surface area contributed by atoms with Crippen LogP contribution in [0.15, 0.2) is 6.33 Å². The summed E-state index contributed by atoms with van der Waals surface area (Å²) in [6, 6.07) is 0. The molecule has 114 valence electrons. The summed E-state index contributed by atoms with van der Waals surface area (Å²) in [7, 11) is 2.04. The van der Waals surface area contributed by atoms with Crippen LogP contribution in [0.25, 0.3) is 0 Å². The molecule has 0 bridgehead atoms. The Balaban J connectivity index is 1.79. The van der Waals surface area contributed by atoms with Crippen LogP contribution in [-0.2, 0) is 13.1 Å². The Morgan fingerprint density at radius 1 is 1.35 bits per heavy atom. The molecule has 20 heavy (non-hydrogen) atoms. The van der Waals surface area contributed by atoms with E-state index in [9.17, 15) is 0 Å². The second-order valence-corrected chi connectivity index (χ2v) is 6.36. The Kier molecular flexibility index (Phi) is 5.98. The fourth-order valence-corrected chi connectivity index (χ4v) is 2.89. The number of hydrogen-bond acceptors (Lipinski definition) is 4. The van der Waals surface area contributed by atoms with Crippen molar-refractivity contribution in [2.75, 3.05) is 26.7 Å². The quantitative estimate of drug-likeness (QED) is 0.826. The van der Waals surface area contributed by atoms with Gasteiger partial charge in [-0.1, -0.05) is 13.8 Å². The number of likely N-dealkylation sites (tertiary alicyclic amines) is 1. The maximum Gasteiger partial charge on any atom is 0.141 e. The minimum atomic E-state index is 0.614. The summed E-state index contributed by atoms with van der Waals surface area (Å²) in [5, 5.41) is 7.60. The first-order valence-corrected chi connectivity index (χ1v) is 7.92. The zero-order valence-electron chi connectivity index (χ0n) is 13.2. The Morgan fingerprint density at radius 2 is 2.10 bits per heavy atom. The monoisotopic (exact) mass is 279 g/mol. The number of piperidine rings is 1. The van der Waals surface area contributed by atoms with Gasteiger partial charge in [-0.05, 0) is 57.8 Å². The first kappa shape index (κ1) is 15.4. The van der Waals surface area contributed by atoms with E-state index in [2.05, 4.69) is 38.8 Å². The SMILES string of the molecule is CNCCC1CCN(Cc2ncnn2CC(C)C)CC1. The normalized spacial score (nSPS) is 18.0. The predicted molar refractivity (Wildman–Crippen MR) is 81.4 cm³/mol. The molecule has 0 amide bonds. The second-order valence-electron chi connectivity index (χ2n) is 6.36. The fourth-order valence-electron chi connectivity index (χ4n) is 2.89. The van der Waals surface area contributed by atoms with E-state index in [-0.39, 0.29) is 0 Å². The molecule has 0 aliphatic carbocycles. The standard InChI is InChI=1S/C15H29N5/c1-13(2)10-20-15(17-12-18-20)11-19-8-5-14(6-9-19)4-7-16-3/h12-14,16H,4-11H2,1-3H3. The second kappa shape index (κ2) is 7.74. The van der Waals surface area contributed by atoms with Crippen molar-refractivity contribution in [3.8, 4) is 0 Å². The molecular weight excluding hydrogens is 250 g/mol. The average molecular weight is 279 g/mol. The molecule has 0 radical (unpaired) electrons. The van der Waals surface area contributed by atoms with Crippen molar-refractivity contribution >= 4 is 0 Å². The van der Waals surface area contributed by atoms with Crippen molar-refractivity contribution in [2.45, 2.75) is 46.2 Å². The molecule has 1 aromatic heterocycles. The summed E-state index contributed by atoms with van der Waals surface area (Å²) in [5.41, 5.74) is 0. The van der Waals surface area contributed by atoms with Crippen molar-refractivity contribution in [3.05, 3.63) is 12.2 Å². The molecule has 0 spiro atoms. The number of rotatable bonds is 7. The first-order valence-electron chi connectivity index (χ1n) is 7.92. The van der Waals surface area contributed by atoms with E-state index in [1.165, 1.54) is 32.4 Å². The summed E-state index contributed by atoms with van der Waals surface area (Å²) in [4.78, 5) is 6.96. The zero-order chi connectivity index (χ0) is 14.4. The third-order valence-electron chi connectivity index (χ3n) is 4.11. The molecule has 2 heterocycles. The highest BCUT2D eigenvalue weighted by Gasteiger charge is 2.20. The average Bonchev–Trinajstić information content (AvgIpc) is 2.84. The van der Waals surface area contributed by atoms with Crippen molar-refractivity contribution in [1.82, 2.24) is 25.0 Å². The van der Waals surface area contributed by atoms with Crippen molar-refractivity contribution in [2.24, 2.45) is 11.8 Å². The summed E-state index contributed by atoms with van der Waals surface area (Å²) >= 11 is 0. The Hall–Kier alpha value is -0.940. The third-order valence-corrected chi connectivity index (χ3v) is 4.11. The van der Waals surface area contributed by atoms with Crippen LogP contribution < -0.4 is 5.32 Å². The molecule has 1 fully saturated rings. The van der Waals surface area contributed by atoms with Crippen LogP contribution in [-0.4, -0.2) is 46.3 Å². The lowest BCUT2D eigenvalue weighted by Crippen LogP contribution is -2.35. The van der Waals surface area contributed by atoms with Crippen LogP contribution in [0.4, 0.5) is 0 Å². The van der Waals surface area contributed by atoms with E-state index in [1.807, 2.05) is 7.05 Å².